The number of rotatable bonds is 6. The van der Waals surface area contributed by atoms with Gasteiger partial charge >= 0.3 is 0 Å². The average Bonchev–Trinajstić information content (AvgIpc) is 2.55. The van der Waals surface area contributed by atoms with Crippen molar-refractivity contribution in [3.05, 3.63) is 29.8 Å². The minimum absolute atomic E-state index is 0.0998. The van der Waals surface area contributed by atoms with Gasteiger partial charge in [-0.1, -0.05) is 26.0 Å². The van der Waals surface area contributed by atoms with Crippen LogP contribution in [0.3, 0.4) is 0 Å². The van der Waals surface area contributed by atoms with E-state index in [4.69, 9.17) is 10.5 Å². The van der Waals surface area contributed by atoms with Gasteiger partial charge < -0.3 is 15.4 Å². The molecular weight excluding hydrogens is 290 g/mol. The predicted molar refractivity (Wildman–Crippen MR) is 92.3 cm³/mol. The van der Waals surface area contributed by atoms with E-state index in [9.17, 15) is 4.79 Å². The maximum absolute atomic E-state index is 12.3. The van der Waals surface area contributed by atoms with E-state index < -0.39 is 0 Å². The summed E-state index contributed by atoms with van der Waals surface area (Å²) in [5, 5.41) is 0. The zero-order valence-electron chi connectivity index (χ0n) is 14.5. The lowest BCUT2D eigenvalue weighted by Crippen LogP contribution is -2.53. The summed E-state index contributed by atoms with van der Waals surface area (Å²) in [7, 11) is 1.68. The van der Waals surface area contributed by atoms with Crippen molar-refractivity contribution in [2.45, 2.75) is 32.9 Å². The molecule has 1 aromatic rings. The molecule has 0 aromatic heterocycles. The maximum Gasteiger partial charge on any atom is 0.239 e. The molecule has 1 aliphatic heterocycles. The molecular formula is C18H29N3O2. The quantitative estimate of drug-likeness (QED) is 0.867. The predicted octanol–water partition coefficient (Wildman–Crippen LogP) is 1.71. The van der Waals surface area contributed by atoms with Crippen molar-refractivity contribution in [3.8, 4) is 5.75 Å². The number of hydrogen-bond donors (Lipinski definition) is 1. The Bertz CT molecular complexity index is 493. The number of piperazine rings is 1. The van der Waals surface area contributed by atoms with Crippen LogP contribution in [0.1, 0.15) is 25.8 Å². The van der Waals surface area contributed by atoms with Gasteiger partial charge in [0.25, 0.3) is 0 Å². The van der Waals surface area contributed by atoms with Crippen molar-refractivity contribution in [1.82, 2.24) is 9.80 Å². The number of nitrogens with two attached hydrogens (primary N) is 1. The number of methoxy groups -OCH3 is 1. The summed E-state index contributed by atoms with van der Waals surface area (Å²) >= 11 is 0. The van der Waals surface area contributed by atoms with E-state index in [0.29, 0.717) is 5.92 Å². The van der Waals surface area contributed by atoms with Crippen LogP contribution in [0.4, 0.5) is 0 Å². The van der Waals surface area contributed by atoms with Crippen LogP contribution in [0.25, 0.3) is 0 Å². The largest absolute Gasteiger partial charge is 0.497 e. The van der Waals surface area contributed by atoms with E-state index in [1.807, 2.05) is 17.0 Å². The Morgan fingerprint density at radius 2 is 1.78 bits per heavy atom. The fourth-order valence-electron chi connectivity index (χ4n) is 2.96. The number of benzene rings is 1. The molecule has 128 valence electrons. The molecule has 2 N–H and O–H groups in total. The van der Waals surface area contributed by atoms with Gasteiger partial charge in [0.05, 0.1) is 13.2 Å². The van der Waals surface area contributed by atoms with Gasteiger partial charge in [-0.2, -0.15) is 0 Å². The van der Waals surface area contributed by atoms with Crippen molar-refractivity contribution in [3.63, 3.8) is 0 Å². The molecule has 0 unspecified atom stereocenters. The number of ether oxygens (including phenoxy) is 1. The third kappa shape index (κ3) is 5.22. The summed E-state index contributed by atoms with van der Waals surface area (Å²) in [6.45, 7) is 8.42. The lowest BCUT2D eigenvalue weighted by Gasteiger charge is -2.36. The summed E-state index contributed by atoms with van der Waals surface area (Å²) in [4.78, 5) is 16.6. The second-order valence-electron chi connectivity index (χ2n) is 6.69. The lowest BCUT2D eigenvalue weighted by atomic mass is 10.0. The van der Waals surface area contributed by atoms with Gasteiger partial charge in [0.2, 0.25) is 5.91 Å². The topological polar surface area (TPSA) is 58.8 Å². The van der Waals surface area contributed by atoms with E-state index in [2.05, 4.69) is 30.9 Å². The van der Waals surface area contributed by atoms with Gasteiger partial charge in [-0.15, -0.1) is 0 Å². The third-order valence-electron chi connectivity index (χ3n) is 4.29. The van der Waals surface area contributed by atoms with Crippen molar-refractivity contribution >= 4 is 5.91 Å². The number of carbonyl (C=O) groups excluding carboxylic acids is 1. The minimum atomic E-state index is -0.358. The molecule has 1 heterocycles. The molecule has 2 rings (SSSR count). The molecule has 5 nitrogen and oxygen atoms in total. The van der Waals surface area contributed by atoms with E-state index in [0.717, 1.165) is 44.9 Å². The minimum Gasteiger partial charge on any atom is -0.497 e. The number of amides is 1. The molecule has 0 bridgehead atoms. The SMILES string of the molecule is COc1ccc(CN2CCN(C(=O)[C@H](N)CC(C)C)CC2)cc1. The molecule has 0 radical (unpaired) electrons. The first-order valence-corrected chi connectivity index (χ1v) is 8.39. The molecule has 0 aliphatic carbocycles. The zero-order valence-corrected chi connectivity index (χ0v) is 14.5. The first-order chi connectivity index (χ1) is 11.0. The molecule has 1 atom stereocenters. The Kier molecular flexibility index (Phi) is 6.42. The van der Waals surface area contributed by atoms with E-state index in [-0.39, 0.29) is 11.9 Å². The molecule has 1 fully saturated rings. The average molecular weight is 319 g/mol. The zero-order chi connectivity index (χ0) is 16.8. The van der Waals surface area contributed by atoms with Crippen LogP contribution in [0.5, 0.6) is 5.75 Å². The monoisotopic (exact) mass is 319 g/mol. The second-order valence-corrected chi connectivity index (χ2v) is 6.69. The second kappa shape index (κ2) is 8.31. The highest BCUT2D eigenvalue weighted by Crippen LogP contribution is 2.15. The highest BCUT2D eigenvalue weighted by molar-refractivity contribution is 5.81. The molecule has 23 heavy (non-hydrogen) atoms. The summed E-state index contributed by atoms with van der Waals surface area (Å²) in [5.74, 6) is 1.43. The van der Waals surface area contributed by atoms with Gasteiger partial charge in [0, 0.05) is 32.7 Å². The van der Waals surface area contributed by atoms with Crippen LogP contribution >= 0.6 is 0 Å². The first-order valence-electron chi connectivity index (χ1n) is 8.39. The lowest BCUT2D eigenvalue weighted by molar-refractivity contribution is -0.134. The normalized spacial score (nSPS) is 17.3. The molecule has 1 saturated heterocycles. The van der Waals surface area contributed by atoms with E-state index in [1.54, 1.807) is 7.11 Å². The van der Waals surface area contributed by atoms with Crippen molar-refractivity contribution in [2.24, 2.45) is 11.7 Å². The summed E-state index contributed by atoms with van der Waals surface area (Å²) in [6, 6.07) is 7.80. The van der Waals surface area contributed by atoms with Crippen LogP contribution in [0.15, 0.2) is 24.3 Å². The summed E-state index contributed by atoms with van der Waals surface area (Å²) in [6.07, 6.45) is 0.755. The van der Waals surface area contributed by atoms with Crippen LogP contribution in [0, 0.1) is 5.92 Å². The van der Waals surface area contributed by atoms with Crippen molar-refractivity contribution < 1.29 is 9.53 Å². The van der Waals surface area contributed by atoms with Gasteiger partial charge in [0.15, 0.2) is 0 Å². The Hall–Kier alpha value is -1.59. The molecule has 0 saturated carbocycles. The molecule has 1 amide bonds. The Morgan fingerprint density at radius 1 is 1.17 bits per heavy atom. The number of carbonyl (C=O) groups is 1. The molecule has 1 aromatic carbocycles. The summed E-state index contributed by atoms with van der Waals surface area (Å²) in [5.41, 5.74) is 7.28. The Morgan fingerprint density at radius 3 is 2.30 bits per heavy atom. The van der Waals surface area contributed by atoms with E-state index in [1.165, 1.54) is 5.56 Å². The number of hydrogen-bond acceptors (Lipinski definition) is 4. The maximum atomic E-state index is 12.3. The first kappa shape index (κ1) is 17.8. The highest BCUT2D eigenvalue weighted by Gasteiger charge is 2.25. The summed E-state index contributed by atoms with van der Waals surface area (Å²) < 4.78 is 5.18. The van der Waals surface area contributed by atoms with Crippen molar-refractivity contribution in [1.29, 1.82) is 0 Å². The fourth-order valence-corrected chi connectivity index (χ4v) is 2.96. The van der Waals surface area contributed by atoms with E-state index >= 15 is 0 Å². The van der Waals surface area contributed by atoms with Crippen LogP contribution in [-0.2, 0) is 11.3 Å². The molecule has 0 spiro atoms. The molecule has 1 aliphatic rings. The van der Waals surface area contributed by atoms with Crippen molar-refractivity contribution in [2.75, 3.05) is 33.3 Å². The number of nitrogens with zero attached hydrogens (tertiary/aromatic N) is 2. The Balaban J connectivity index is 1.80. The fraction of sp³-hybridized carbons (Fsp3) is 0.611. The van der Waals surface area contributed by atoms with Crippen LogP contribution < -0.4 is 10.5 Å². The van der Waals surface area contributed by atoms with Gasteiger partial charge in [0.1, 0.15) is 5.75 Å². The van der Waals surface area contributed by atoms with Crippen LogP contribution in [-0.4, -0.2) is 55.0 Å². The highest BCUT2D eigenvalue weighted by atomic mass is 16.5. The van der Waals surface area contributed by atoms with Gasteiger partial charge in [-0.05, 0) is 30.0 Å². The standard InChI is InChI=1S/C18H29N3O2/c1-14(2)12-17(19)18(22)21-10-8-20(9-11-21)13-15-4-6-16(23-3)7-5-15/h4-7,14,17H,8-13,19H2,1-3H3/t17-/m1/s1. The van der Waals surface area contributed by atoms with Gasteiger partial charge in [-0.3, -0.25) is 9.69 Å². The van der Waals surface area contributed by atoms with Crippen LogP contribution in [0.2, 0.25) is 0 Å². The smallest absolute Gasteiger partial charge is 0.239 e. The third-order valence-corrected chi connectivity index (χ3v) is 4.29. The van der Waals surface area contributed by atoms with Gasteiger partial charge in [-0.25, -0.2) is 0 Å². The molecule has 5 heteroatoms. The Labute approximate surface area is 139 Å².